The Hall–Kier alpha value is -0.670. The molecule has 0 amide bonds. The van der Waals surface area contributed by atoms with Crippen LogP contribution in [0.1, 0.15) is 24.5 Å². The number of aliphatic imine (C=N–C) groups is 1. The number of hydrogen-bond donors (Lipinski definition) is 3. The normalized spacial score (nSPS) is 12.6. The molecule has 0 aromatic carbocycles. The van der Waals surface area contributed by atoms with E-state index < -0.39 is 21.9 Å². The number of thiazole rings is 1. The first-order valence-corrected chi connectivity index (χ1v) is 9.72. The second-order valence-corrected chi connectivity index (χ2v) is 7.58. The molecular formula is C12H21F3IN5O2S2. The van der Waals surface area contributed by atoms with Crippen LogP contribution in [0.25, 0.3) is 0 Å². The van der Waals surface area contributed by atoms with E-state index in [1.54, 1.807) is 0 Å². The van der Waals surface area contributed by atoms with E-state index in [-0.39, 0.29) is 54.4 Å². The fourth-order valence-corrected chi connectivity index (χ4v) is 2.83. The van der Waals surface area contributed by atoms with Crippen molar-refractivity contribution in [3.05, 3.63) is 16.1 Å². The molecule has 0 atom stereocenters. The summed E-state index contributed by atoms with van der Waals surface area (Å²) < 4.78 is 62.4. The third kappa shape index (κ3) is 9.55. The number of nitrogens with zero attached hydrogens (tertiary/aromatic N) is 2. The van der Waals surface area contributed by atoms with Gasteiger partial charge >= 0.3 is 6.18 Å². The number of aromatic nitrogens is 1. The Balaban J connectivity index is 0.00000576. The lowest BCUT2D eigenvalue weighted by Gasteiger charge is -2.11. The Morgan fingerprint density at radius 3 is 2.48 bits per heavy atom. The molecule has 0 spiro atoms. The van der Waals surface area contributed by atoms with E-state index in [0.717, 1.165) is 16.7 Å². The van der Waals surface area contributed by atoms with Crippen molar-refractivity contribution in [3.8, 4) is 0 Å². The maximum atomic E-state index is 12.5. The molecule has 0 aliphatic rings. The summed E-state index contributed by atoms with van der Waals surface area (Å²) in [6.07, 6.45) is -4.46. The van der Waals surface area contributed by atoms with Crippen LogP contribution in [-0.2, 0) is 22.7 Å². The topological polar surface area (TPSA) is 95.5 Å². The average Bonchev–Trinajstić information content (AvgIpc) is 2.98. The molecule has 0 radical (unpaired) electrons. The predicted molar refractivity (Wildman–Crippen MR) is 103 cm³/mol. The van der Waals surface area contributed by atoms with E-state index in [1.807, 2.05) is 6.92 Å². The summed E-state index contributed by atoms with van der Waals surface area (Å²) in [7, 11) is -3.26. The number of sulfonamides is 1. The minimum absolute atomic E-state index is 0. The Kier molecular flexibility index (Phi) is 10.8. The van der Waals surface area contributed by atoms with Gasteiger partial charge in [-0.1, -0.05) is 0 Å². The van der Waals surface area contributed by atoms with Gasteiger partial charge in [-0.15, -0.1) is 35.3 Å². The van der Waals surface area contributed by atoms with Crippen molar-refractivity contribution in [2.75, 3.05) is 25.4 Å². The van der Waals surface area contributed by atoms with Gasteiger partial charge in [-0.05, 0) is 13.8 Å². The molecule has 1 aromatic rings. The highest BCUT2D eigenvalue weighted by Crippen LogP contribution is 2.30. The molecule has 13 heteroatoms. The molecule has 0 unspecified atom stereocenters. The van der Waals surface area contributed by atoms with Crippen molar-refractivity contribution in [2.45, 2.75) is 26.6 Å². The van der Waals surface area contributed by atoms with Gasteiger partial charge in [-0.3, -0.25) is 0 Å². The smallest absolute Gasteiger partial charge is 0.357 e. The molecule has 1 heterocycles. The van der Waals surface area contributed by atoms with Gasteiger partial charge in [0.25, 0.3) is 0 Å². The van der Waals surface area contributed by atoms with Gasteiger partial charge in [0.2, 0.25) is 10.0 Å². The lowest BCUT2D eigenvalue weighted by atomic mass is 10.5. The molecule has 7 nitrogen and oxygen atoms in total. The summed E-state index contributed by atoms with van der Waals surface area (Å²) in [5.74, 6) is 0.365. The number of halogens is 4. The van der Waals surface area contributed by atoms with Gasteiger partial charge in [0.05, 0.1) is 12.3 Å². The van der Waals surface area contributed by atoms with Crippen molar-refractivity contribution in [1.29, 1.82) is 0 Å². The second-order valence-electron chi connectivity index (χ2n) is 4.54. The van der Waals surface area contributed by atoms with Crippen LogP contribution in [-0.4, -0.2) is 44.7 Å². The molecule has 146 valence electrons. The highest BCUT2D eigenvalue weighted by Gasteiger charge is 2.33. The van der Waals surface area contributed by atoms with Gasteiger partial charge in [0, 0.05) is 25.0 Å². The van der Waals surface area contributed by atoms with Crippen LogP contribution in [0.5, 0.6) is 0 Å². The minimum atomic E-state index is -4.46. The first-order chi connectivity index (χ1) is 11.2. The summed E-state index contributed by atoms with van der Waals surface area (Å²) >= 11 is 0.886. The van der Waals surface area contributed by atoms with Crippen LogP contribution in [0.15, 0.2) is 10.4 Å². The van der Waals surface area contributed by atoms with Crippen LogP contribution in [0.3, 0.4) is 0 Å². The van der Waals surface area contributed by atoms with Crippen LogP contribution in [0.4, 0.5) is 13.2 Å². The predicted octanol–water partition coefficient (Wildman–Crippen LogP) is 1.77. The van der Waals surface area contributed by atoms with Gasteiger partial charge < -0.3 is 10.6 Å². The van der Waals surface area contributed by atoms with Gasteiger partial charge in [-0.25, -0.2) is 23.1 Å². The number of hydrogen-bond acceptors (Lipinski definition) is 5. The molecule has 0 aliphatic carbocycles. The van der Waals surface area contributed by atoms with Crippen LogP contribution >= 0.6 is 35.3 Å². The van der Waals surface area contributed by atoms with E-state index in [2.05, 4.69) is 25.3 Å². The van der Waals surface area contributed by atoms with E-state index in [4.69, 9.17) is 0 Å². The van der Waals surface area contributed by atoms with Crippen molar-refractivity contribution in [1.82, 2.24) is 20.3 Å². The lowest BCUT2D eigenvalue weighted by molar-refractivity contribution is -0.140. The average molecular weight is 515 g/mol. The van der Waals surface area contributed by atoms with E-state index in [0.29, 0.717) is 12.5 Å². The van der Waals surface area contributed by atoms with Crippen molar-refractivity contribution >= 4 is 51.3 Å². The minimum Gasteiger partial charge on any atom is -0.357 e. The summed E-state index contributed by atoms with van der Waals surface area (Å²) in [6.45, 7) is 4.38. The number of rotatable bonds is 8. The Morgan fingerprint density at radius 1 is 1.28 bits per heavy atom. The van der Waals surface area contributed by atoms with E-state index in [9.17, 15) is 21.6 Å². The Labute approximate surface area is 166 Å². The molecule has 25 heavy (non-hydrogen) atoms. The molecule has 3 N–H and O–H groups in total. The van der Waals surface area contributed by atoms with E-state index >= 15 is 0 Å². The monoisotopic (exact) mass is 515 g/mol. The zero-order chi connectivity index (χ0) is 18.2. The Morgan fingerprint density at radius 2 is 1.96 bits per heavy atom. The zero-order valence-corrected chi connectivity index (χ0v) is 17.6. The van der Waals surface area contributed by atoms with Gasteiger partial charge in [-0.2, -0.15) is 13.2 Å². The molecule has 1 rings (SSSR count). The molecule has 0 bridgehead atoms. The van der Waals surface area contributed by atoms with E-state index in [1.165, 1.54) is 6.92 Å². The summed E-state index contributed by atoms with van der Waals surface area (Å²) in [5.41, 5.74) is -0.926. The Bertz CT molecular complexity index is 649. The highest BCUT2D eigenvalue weighted by molar-refractivity contribution is 14.0. The number of nitrogens with one attached hydrogen (secondary N) is 3. The maximum absolute atomic E-state index is 12.5. The summed E-state index contributed by atoms with van der Waals surface area (Å²) in [5, 5.41) is 7.00. The third-order valence-electron chi connectivity index (χ3n) is 2.68. The molecule has 0 saturated carbocycles. The lowest BCUT2D eigenvalue weighted by Crippen LogP contribution is -2.41. The van der Waals surface area contributed by atoms with Gasteiger partial charge in [0.1, 0.15) is 5.01 Å². The molecule has 0 saturated heterocycles. The first-order valence-electron chi connectivity index (χ1n) is 7.19. The molecular weight excluding hydrogens is 494 g/mol. The first kappa shape index (κ1) is 24.3. The fourth-order valence-electron chi connectivity index (χ4n) is 1.49. The third-order valence-corrected chi connectivity index (χ3v) is 4.92. The fraction of sp³-hybridized carbons (Fsp3) is 0.667. The number of guanidine groups is 1. The number of alkyl halides is 3. The van der Waals surface area contributed by atoms with Crippen molar-refractivity contribution in [2.24, 2.45) is 4.99 Å². The second kappa shape index (κ2) is 11.1. The molecule has 0 aliphatic heterocycles. The quantitative estimate of drug-likeness (QED) is 0.212. The van der Waals surface area contributed by atoms with Crippen LogP contribution in [0.2, 0.25) is 0 Å². The largest absolute Gasteiger partial charge is 0.434 e. The van der Waals surface area contributed by atoms with Crippen LogP contribution < -0.4 is 15.4 Å². The standard InChI is InChI=1S/C12H20F3N5O2S2.HI/c1-3-16-11(17-5-6-19-24(21,22)4-2)18-7-10-20-9(8-23-10)12(13,14)15;/h8,19H,3-7H2,1-2H3,(H2,16,17,18);1H. The summed E-state index contributed by atoms with van der Waals surface area (Å²) in [4.78, 5) is 7.62. The SMILES string of the molecule is CCNC(=NCc1nc(C(F)(F)F)cs1)NCCNS(=O)(=O)CC.I. The van der Waals surface area contributed by atoms with Gasteiger partial charge in [0.15, 0.2) is 11.7 Å². The zero-order valence-electron chi connectivity index (χ0n) is 13.7. The summed E-state index contributed by atoms with van der Waals surface area (Å²) in [6, 6.07) is 0. The highest BCUT2D eigenvalue weighted by atomic mass is 127. The molecule has 1 aromatic heterocycles. The van der Waals surface area contributed by atoms with Crippen LogP contribution in [0, 0.1) is 0 Å². The van der Waals surface area contributed by atoms with Crippen molar-refractivity contribution < 1.29 is 21.6 Å². The molecule has 0 fully saturated rings. The van der Waals surface area contributed by atoms with Crippen molar-refractivity contribution in [3.63, 3.8) is 0 Å². The maximum Gasteiger partial charge on any atom is 0.434 e.